The Hall–Kier alpha value is -2.60. The second-order valence-electron chi connectivity index (χ2n) is 6.60. The Labute approximate surface area is 162 Å². The Morgan fingerprint density at radius 3 is 2.26 bits per heavy atom. The molecule has 0 aliphatic heterocycles. The molecule has 1 heterocycles. The number of nitrogens with one attached hydrogen (secondary N) is 1. The normalized spacial score (nSPS) is 12.1. The Morgan fingerprint density at radius 1 is 1.07 bits per heavy atom. The fraction of sp³-hybridized carbons (Fsp3) is 0.286. The molecule has 0 radical (unpaired) electrons. The summed E-state index contributed by atoms with van der Waals surface area (Å²) in [6.45, 7) is 6.58. The van der Waals surface area contributed by atoms with E-state index in [1.807, 2.05) is 69.3 Å². The number of rotatable bonds is 7. The Kier molecular flexibility index (Phi) is 5.96. The van der Waals surface area contributed by atoms with Crippen LogP contribution in [0.15, 0.2) is 58.5 Å². The molecule has 1 unspecified atom stereocenters. The first-order chi connectivity index (χ1) is 13.0. The molecule has 140 valence electrons. The van der Waals surface area contributed by atoms with E-state index in [0.717, 1.165) is 23.1 Å². The van der Waals surface area contributed by atoms with E-state index in [4.69, 9.17) is 0 Å². The number of thioether (sulfide) groups is 1. The molecule has 6 heteroatoms. The smallest absolute Gasteiger partial charge is 0.293 e. The van der Waals surface area contributed by atoms with Crippen molar-refractivity contribution in [3.8, 4) is 0 Å². The van der Waals surface area contributed by atoms with E-state index in [0.29, 0.717) is 17.3 Å². The molecule has 0 aliphatic carbocycles. The fourth-order valence-electron chi connectivity index (χ4n) is 2.80. The summed E-state index contributed by atoms with van der Waals surface area (Å²) in [7, 11) is 0. The summed E-state index contributed by atoms with van der Waals surface area (Å²) in [5, 5.41) is 6.71. The minimum absolute atomic E-state index is 0.00218. The monoisotopic (exact) mass is 381 g/mol. The minimum atomic E-state index is -0.473. The van der Waals surface area contributed by atoms with Crippen LogP contribution in [0.5, 0.6) is 0 Å². The van der Waals surface area contributed by atoms with Crippen LogP contribution in [0.3, 0.4) is 0 Å². The van der Waals surface area contributed by atoms with Crippen molar-refractivity contribution in [1.29, 1.82) is 0 Å². The van der Waals surface area contributed by atoms with Gasteiger partial charge in [0.2, 0.25) is 0 Å². The van der Waals surface area contributed by atoms with Crippen LogP contribution in [0.1, 0.15) is 45.6 Å². The summed E-state index contributed by atoms with van der Waals surface area (Å²) in [6.07, 6.45) is 0.814. The number of carbonyl (C=O) groups excluding carboxylic acids is 1. The van der Waals surface area contributed by atoms with E-state index in [1.54, 1.807) is 4.57 Å². The lowest BCUT2D eigenvalue weighted by Gasteiger charge is -2.16. The molecule has 2 aromatic carbocycles. The molecule has 5 nitrogen and oxygen atoms in total. The Morgan fingerprint density at radius 2 is 1.67 bits per heavy atom. The number of carbonyl (C=O) groups is 1. The van der Waals surface area contributed by atoms with E-state index in [-0.39, 0.29) is 11.5 Å². The highest BCUT2D eigenvalue weighted by Crippen LogP contribution is 2.36. The van der Waals surface area contributed by atoms with Gasteiger partial charge in [0.05, 0.1) is 0 Å². The highest BCUT2D eigenvalue weighted by molar-refractivity contribution is 8.00. The second kappa shape index (κ2) is 8.39. The zero-order valence-corrected chi connectivity index (χ0v) is 16.5. The maximum Gasteiger partial charge on any atom is 0.343 e. The summed E-state index contributed by atoms with van der Waals surface area (Å²) in [5.41, 5.74) is 3.54. The number of aryl methyl sites for hydroxylation is 2. The largest absolute Gasteiger partial charge is 0.343 e. The quantitative estimate of drug-likeness (QED) is 0.489. The van der Waals surface area contributed by atoms with Crippen molar-refractivity contribution in [3.63, 3.8) is 0 Å². The predicted octanol–water partition coefficient (Wildman–Crippen LogP) is 4.31. The Balaban J connectivity index is 2.00. The van der Waals surface area contributed by atoms with Crippen LogP contribution in [0, 0.1) is 13.8 Å². The van der Waals surface area contributed by atoms with Crippen molar-refractivity contribution >= 4 is 17.5 Å². The summed E-state index contributed by atoms with van der Waals surface area (Å²) < 4.78 is 1.59. The number of nitrogens with zero attached hydrogens (tertiary/aromatic N) is 2. The molecule has 3 rings (SSSR count). The van der Waals surface area contributed by atoms with Crippen LogP contribution in [-0.4, -0.2) is 20.5 Å². The number of H-pyrrole nitrogens is 1. The maximum absolute atomic E-state index is 13.3. The maximum atomic E-state index is 13.3. The van der Waals surface area contributed by atoms with E-state index in [2.05, 4.69) is 10.2 Å². The van der Waals surface area contributed by atoms with Gasteiger partial charge in [0.25, 0.3) is 0 Å². The van der Waals surface area contributed by atoms with Crippen molar-refractivity contribution in [3.05, 3.63) is 81.3 Å². The number of aromatic amines is 1. The number of ketones is 1. The lowest BCUT2D eigenvalue weighted by molar-refractivity contribution is 0.0989. The number of Topliss-reactive ketones (excluding diaryl/α,β-unsaturated/α-hetero) is 1. The van der Waals surface area contributed by atoms with Crippen molar-refractivity contribution < 1.29 is 4.79 Å². The molecular weight excluding hydrogens is 358 g/mol. The number of aromatic nitrogens is 3. The SMILES string of the molecule is CCCn1c(SC(C(=O)c2ccc(C)cc2)c2ccc(C)cc2)n[nH]c1=O. The van der Waals surface area contributed by atoms with Gasteiger partial charge in [-0.3, -0.25) is 9.36 Å². The van der Waals surface area contributed by atoms with Gasteiger partial charge in [0.15, 0.2) is 10.9 Å². The van der Waals surface area contributed by atoms with Crippen LogP contribution in [-0.2, 0) is 6.54 Å². The molecular formula is C21H23N3O2S. The zero-order valence-electron chi connectivity index (χ0n) is 15.7. The molecule has 0 fully saturated rings. The fourth-order valence-corrected chi connectivity index (χ4v) is 3.95. The van der Waals surface area contributed by atoms with Gasteiger partial charge in [-0.25, -0.2) is 9.89 Å². The van der Waals surface area contributed by atoms with E-state index >= 15 is 0 Å². The molecule has 0 saturated heterocycles. The molecule has 3 aromatic rings. The molecule has 1 aromatic heterocycles. The van der Waals surface area contributed by atoms with Gasteiger partial charge < -0.3 is 0 Å². The van der Waals surface area contributed by atoms with Crippen LogP contribution < -0.4 is 5.69 Å². The molecule has 0 spiro atoms. The topological polar surface area (TPSA) is 67.8 Å². The zero-order chi connectivity index (χ0) is 19.4. The van der Waals surface area contributed by atoms with E-state index in [1.165, 1.54) is 11.8 Å². The summed E-state index contributed by atoms with van der Waals surface area (Å²) in [6, 6.07) is 15.5. The lowest BCUT2D eigenvalue weighted by Crippen LogP contribution is -2.18. The summed E-state index contributed by atoms with van der Waals surface area (Å²) >= 11 is 1.31. The first-order valence-corrected chi connectivity index (χ1v) is 9.87. The molecule has 0 amide bonds. The van der Waals surface area contributed by atoms with Crippen LogP contribution >= 0.6 is 11.8 Å². The second-order valence-corrected chi connectivity index (χ2v) is 7.67. The summed E-state index contributed by atoms with van der Waals surface area (Å²) in [5.74, 6) is 0.00218. The first-order valence-electron chi connectivity index (χ1n) is 8.99. The van der Waals surface area contributed by atoms with Gasteiger partial charge in [-0.15, -0.1) is 5.10 Å². The van der Waals surface area contributed by atoms with Gasteiger partial charge in [0.1, 0.15) is 5.25 Å². The average Bonchev–Trinajstić information content (AvgIpc) is 3.01. The predicted molar refractivity (Wildman–Crippen MR) is 108 cm³/mol. The standard InChI is InChI=1S/C21H23N3O2S/c1-4-13-24-20(26)22-23-21(24)27-19(17-11-7-15(3)8-12-17)18(25)16-9-5-14(2)6-10-16/h5-12,19H,4,13H2,1-3H3,(H,22,26). The Bertz CT molecular complexity index is 972. The van der Waals surface area contributed by atoms with Crippen molar-refractivity contribution in [2.45, 2.75) is 44.1 Å². The van der Waals surface area contributed by atoms with Gasteiger partial charge in [-0.1, -0.05) is 78.3 Å². The third kappa shape index (κ3) is 4.39. The highest BCUT2D eigenvalue weighted by atomic mass is 32.2. The van der Waals surface area contributed by atoms with E-state index < -0.39 is 5.25 Å². The number of hydrogen-bond acceptors (Lipinski definition) is 4. The van der Waals surface area contributed by atoms with Gasteiger partial charge in [-0.05, 0) is 25.8 Å². The molecule has 0 bridgehead atoms. The third-order valence-electron chi connectivity index (χ3n) is 4.35. The third-order valence-corrected chi connectivity index (χ3v) is 5.59. The van der Waals surface area contributed by atoms with Gasteiger partial charge in [-0.2, -0.15) is 0 Å². The number of benzene rings is 2. The first kappa shape index (κ1) is 19.2. The molecule has 0 aliphatic rings. The van der Waals surface area contributed by atoms with Gasteiger partial charge in [0, 0.05) is 12.1 Å². The van der Waals surface area contributed by atoms with Crippen molar-refractivity contribution in [2.75, 3.05) is 0 Å². The van der Waals surface area contributed by atoms with Crippen LogP contribution in [0.4, 0.5) is 0 Å². The lowest BCUT2D eigenvalue weighted by atomic mass is 10.0. The van der Waals surface area contributed by atoms with Crippen molar-refractivity contribution in [1.82, 2.24) is 14.8 Å². The van der Waals surface area contributed by atoms with Gasteiger partial charge >= 0.3 is 5.69 Å². The number of hydrogen-bond donors (Lipinski definition) is 1. The van der Waals surface area contributed by atoms with Crippen molar-refractivity contribution in [2.24, 2.45) is 0 Å². The molecule has 0 saturated carbocycles. The molecule has 1 atom stereocenters. The average molecular weight is 382 g/mol. The molecule has 27 heavy (non-hydrogen) atoms. The highest BCUT2D eigenvalue weighted by Gasteiger charge is 2.26. The van der Waals surface area contributed by atoms with Crippen LogP contribution in [0.2, 0.25) is 0 Å². The minimum Gasteiger partial charge on any atom is -0.293 e. The summed E-state index contributed by atoms with van der Waals surface area (Å²) in [4.78, 5) is 25.3. The van der Waals surface area contributed by atoms with Crippen LogP contribution in [0.25, 0.3) is 0 Å². The van der Waals surface area contributed by atoms with E-state index in [9.17, 15) is 9.59 Å². The molecule has 1 N–H and O–H groups in total.